The topological polar surface area (TPSA) is 63.8 Å². The predicted octanol–water partition coefficient (Wildman–Crippen LogP) is 3.82. The SMILES string of the molecule is CCc1cc2c(NCc3ncc(C)o3)nc(Cl)nc2s1. The molecule has 0 saturated carbocycles. The lowest BCUT2D eigenvalue weighted by atomic mass is 10.3. The van der Waals surface area contributed by atoms with Gasteiger partial charge in [0.1, 0.15) is 16.4 Å². The molecule has 0 saturated heterocycles. The van der Waals surface area contributed by atoms with Crippen LogP contribution in [0.15, 0.2) is 16.7 Å². The lowest BCUT2D eigenvalue weighted by Crippen LogP contribution is -2.02. The van der Waals surface area contributed by atoms with Crippen LogP contribution < -0.4 is 5.32 Å². The van der Waals surface area contributed by atoms with E-state index in [9.17, 15) is 0 Å². The molecule has 3 aromatic heterocycles. The van der Waals surface area contributed by atoms with Crippen molar-refractivity contribution in [2.75, 3.05) is 5.32 Å². The number of nitrogens with one attached hydrogen (secondary N) is 1. The first-order valence-corrected chi connectivity index (χ1v) is 7.46. The molecule has 20 heavy (non-hydrogen) atoms. The maximum Gasteiger partial charge on any atom is 0.225 e. The lowest BCUT2D eigenvalue weighted by Gasteiger charge is -2.04. The number of aromatic nitrogens is 3. The number of hydrogen-bond donors (Lipinski definition) is 1. The van der Waals surface area contributed by atoms with Crippen LogP contribution in [0, 0.1) is 6.92 Å². The van der Waals surface area contributed by atoms with Crippen LogP contribution in [-0.4, -0.2) is 15.0 Å². The van der Waals surface area contributed by atoms with Crippen LogP contribution in [0.3, 0.4) is 0 Å². The van der Waals surface area contributed by atoms with Gasteiger partial charge in [0.2, 0.25) is 11.2 Å². The third-order valence-corrected chi connectivity index (χ3v) is 4.18. The number of anilines is 1. The second-order valence-electron chi connectivity index (χ2n) is 4.34. The summed E-state index contributed by atoms with van der Waals surface area (Å²) in [5.74, 6) is 2.12. The third-order valence-electron chi connectivity index (χ3n) is 2.84. The standard InChI is InChI=1S/C13H13ClN4OS/c1-3-8-4-9-11(17-13(14)18-12(9)20-8)16-6-10-15-5-7(2)19-10/h4-5H,3,6H2,1-2H3,(H,16,17,18). The van der Waals surface area contributed by atoms with Crippen LogP contribution >= 0.6 is 22.9 Å². The Kier molecular flexibility index (Phi) is 3.58. The molecule has 0 amide bonds. The number of halogens is 1. The van der Waals surface area contributed by atoms with E-state index in [4.69, 9.17) is 16.0 Å². The van der Waals surface area contributed by atoms with Crippen molar-refractivity contribution >= 4 is 39.0 Å². The van der Waals surface area contributed by atoms with Crippen LogP contribution in [0.5, 0.6) is 0 Å². The number of fused-ring (bicyclic) bond motifs is 1. The molecule has 0 radical (unpaired) electrons. The fourth-order valence-electron chi connectivity index (χ4n) is 1.90. The van der Waals surface area contributed by atoms with Crippen molar-refractivity contribution in [3.05, 3.63) is 34.1 Å². The molecular weight excluding hydrogens is 296 g/mol. The van der Waals surface area contributed by atoms with Crippen molar-refractivity contribution in [2.24, 2.45) is 0 Å². The Morgan fingerprint density at radius 3 is 2.95 bits per heavy atom. The van der Waals surface area contributed by atoms with Crippen molar-refractivity contribution in [1.82, 2.24) is 15.0 Å². The molecule has 0 unspecified atom stereocenters. The van der Waals surface area contributed by atoms with Gasteiger partial charge in [-0.3, -0.25) is 0 Å². The maximum atomic E-state index is 5.97. The summed E-state index contributed by atoms with van der Waals surface area (Å²) in [6.07, 6.45) is 2.66. The maximum absolute atomic E-state index is 5.97. The lowest BCUT2D eigenvalue weighted by molar-refractivity contribution is 0.479. The van der Waals surface area contributed by atoms with Gasteiger partial charge in [0, 0.05) is 4.88 Å². The van der Waals surface area contributed by atoms with Crippen LogP contribution in [0.4, 0.5) is 5.82 Å². The van der Waals surface area contributed by atoms with Gasteiger partial charge in [-0.25, -0.2) is 15.0 Å². The Morgan fingerprint density at radius 1 is 1.40 bits per heavy atom. The van der Waals surface area contributed by atoms with E-state index < -0.39 is 0 Å². The highest BCUT2D eigenvalue weighted by atomic mass is 35.5. The number of oxazole rings is 1. The van der Waals surface area contributed by atoms with Gasteiger partial charge in [-0.1, -0.05) is 6.92 Å². The third kappa shape index (κ3) is 2.62. The van der Waals surface area contributed by atoms with Crippen LogP contribution in [0.1, 0.15) is 23.5 Å². The summed E-state index contributed by atoms with van der Waals surface area (Å²) < 4.78 is 5.43. The van der Waals surface area contributed by atoms with Crippen molar-refractivity contribution in [3.63, 3.8) is 0 Å². The van der Waals surface area contributed by atoms with E-state index in [0.717, 1.165) is 22.4 Å². The molecule has 0 aliphatic heterocycles. The fraction of sp³-hybridized carbons (Fsp3) is 0.308. The van der Waals surface area contributed by atoms with E-state index in [2.05, 4.69) is 33.3 Å². The van der Waals surface area contributed by atoms with Gasteiger partial charge in [0.05, 0.1) is 18.1 Å². The Balaban J connectivity index is 1.91. The zero-order chi connectivity index (χ0) is 14.1. The summed E-state index contributed by atoms with van der Waals surface area (Å²) in [6, 6.07) is 2.10. The fourth-order valence-corrected chi connectivity index (χ4v) is 3.08. The van der Waals surface area contributed by atoms with Crippen LogP contribution in [0.25, 0.3) is 10.2 Å². The highest BCUT2D eigenvalue weighted by Crippen LogP contribution is 2.30. The van der Waals surface area contributed by atoms with Gasteiger partial charge >= 0.3 is 0 Å². The molecule has 0 aliphatic carbocycles. The Labute approximate surface area is 125 Å². The first-order valence-electron chi connectivity index (χ1n) is 6.27. The Morgan fingerprint density at radius 2 is 2.25 bits per heavy atom. The van der Waals surface area contributed by atoms with Crippen molar-refractivity contribution in [3.8, 4) is 0 Å². The Hall–Kier alpha value is -1.66. The molecule has 1 N–H and O–H groups in total. The van der Waals surface area contributed by atoms with Crippen LogP contribution in [-0.2, 0) is 13.0 Å². The van der Waals surface area contributed by atoms with E-state index in [1.807, 2.05) is 6.92 Å². The molecule has 104 valence electrons. The monoisotopic (exact) mass is 308 g/mol. The van der Waals surface area contributed by atoms with E-state index in [0.29, 0.717) is 18.3 Å². The minimum Gasteiger partial charge on any atom is -0.444 e. The quantitative estimate of drug-likeness (QED) is 0.742. The molecule has 3 aromatic rings. The molecule has 0 fully saturated rings. The van der Waals surface area contributed by atoms with Gasteiger partial charge in [-0.15, -0.1) is 11.3 Å². The first-order chi connectivity index (χ1) is 9.65. The Bertz CT molecular complexity index is 752. The zero-order valence-corrected chi connectivity index (χ0v) is 12.7. The molecule has 5 nitrogen and oxygen atoms in total. The molecule has 0 spiro atoms. The van der Waals surface area contributed by atoms with E-state index in [1.165, 1.54) is 4.88 Å². The van der Waals surface area contributed by atoms with Gasteiger partial charge in [0.25, 0.3) is 0 Å². The summed E-state index contributed by atoms with van der Waals surface area (Å²) in [7, 11) is 0. The molecule has 0 aliphatic rings. The van der Waals surface area contributed by atoms with Crippen molar-refractivity contribution in [1.29, 1.82) is 0 Å². The number of hydrogen-bond acceptors (Lipinski definition) is 6. The van der Waals surface area contributed by atoms with Crippen molar-refractivity contribution < 1.29 is 4.42 Å². The zero-order valence-electron chi connectivity index (χ0n) is 11.1. The number of nitrogens with zero attached hydrogens (tertiary/aromatic N) is 3. The molecular formula is C13H13ClN4OS. The van der Waals surface area contributed by atoms with Gasteiger partial charge in [-0.2, -0.15) is 0 Å². The molecule has 3 rings (SSSR count). The minimum absolute atomic E-state index is 0.244. The average molecular weight is 309 g/mol. The van der Waals surface area contributed by atoms with Crippen molar-refractivity contribution in [2.45, 2.75) is 26.8 Å². The summed E-state index contributed by atoms with van der Waals surface area (Å²) in [6.45, 7) is 4.44. The molecule has 3 heterocycles. The van der Waals surface area contributed by atoms with Gasteiger partial charge in [0.15, 0.2) is 0 Å². The second kappa shape index (κ2) is 5.38. The van der Waals surface area contributed by atoms with E-state index in [1.54, 1.807) is 17.5 Å². The smallest absolute Gasteiger partial charge is 0.225 e. The van der Waals surface area contributed by atoms with Crippen LogP contribution in [0.2, 0.25) is 5.28 Å². The normalized spacial score (nSPS) is 11.2. The number of aryl methyl sites for hydroxylation is 2. The number of rotatable bonds is 4. The summed E-state index contributed by atoms with van der Waals surface area (Å²) in [4.78, 5) is 14.8. The predicted molar refractivity (Wildman–Crippen MR) is 80.4 cm³/mol. The minimum atomic E-state index is 0.244. The molecule has 0 bridgehead atoms. The van der Waals surface area contributed by atoms with Gasteiger partial charge < -0.3 is 9.73 Å². The number of thiophene rings is 1. The summed E-state index contributed by atoms with van der Waals surface area (Å²) >= 11 is 7.60. The summed E-state index contributed by atoms with van der Waals surface area (Å²) in [5.41, 5.74) is 0. The summed E-state index contributed by atoms with van der Waals surface area (Å²) in [5, 5.41) is 4.44. The molecule has 7 heteroatoms. The highest BCUT2D eigenvalue weighted by molar-refractivity contribution is 7.18. The second-order valence-corrected chi connectivity index (χ2v) is 5.80. The molecule has 0 aromatic carbocycles. The van der Waals surface area contributed by atoms with E-state index in [-0.39, 0.29) is 5.28 Å². The molecule has 0 atom stereocenters. The largest absolute Gasteiger partial charge is 0.444 e. The van der Waals surface area contributed by atoms with Gasteiger partial charge in [-0.05, 0) is 31.0 Å². The average Bonchev–Trinajstić information content (AvgIpc) is 3.01. The first kappa shape index (κ1) is 13.3. The van der Waals surface area contributed by atoms with E-state index >= 15 is 0 Å². The highest BCUT2D eigenvalue weighted by Gasteiger charge is 2.11.